The van der Waals surface area contributed by atoms with E-state index in [4.69, 9.17) is 9.15 Å². The van der Waals surface area contributed by atoms with Gasteiger partial charge in [0.05, 0.1) is 6.26 Å². The van der Waals surface area contributed by atoms with Crippen LogP contribution in [-0.4, -0.2) is 23.8 Å². The molecule has 1 aromatic carbocycles. The minimum Gasteiger partial charge on any atom is -0.481 e. The Hall–Kier alpha value is -2.56. The van der Waals surface area contributed by atoms with Crippen LogP contribution in [0.3, 0.4) is 0 Å². The van der Waals surface area contributed by atoms with Crippen LogP contribution in [0.5, 0.6) is 5.75 Å². The summed E-state index contributed by atoms with van der Waals surface area (Å²) in [4.78, 5) is 23.6. The number of rotatable bonds is 8. The summed E-state index contributed by atoms with van der Waals surface area (Å²) in [7, 11) is 0. The van der Waals surface area contributed by atoms with Gasteiger partial charge in [0.25, 0.3) is 5.91 Å². The van der Waals surface area contributed by atoms with E-state index in [-0.39, 0.29) is 17.7 Å². The van der Waals surface area contributed by atoms with Crippen LogP contribution in [-0.2, 0) is 11.2 Å². The maximum absolute atomic E-state index is 12.2. The van der Waals surface area contributed by atoms with Gasteiger partial charge in [0.1, 0.15) is 11.5 Å². The number of benzene rings is 1. The molecule has 5 nitrogen and oxygen atoms in total. The van der Waals surface area contributed by atoms with Gasteiger partial charge >= 0.3 is 0 Å². The van der Waals surface area contributed by atoms with Gasteiger partial charge in [-0.2, -0.15) is 0 Å². The van der Waals surface area contributed by atoms with Crippen molar-refractivity contribution in [1.29, 1.82) is 0 Å². The molecule has 0 fully saturated rings. The Morgan fingerprint density at radius 2 is 2.00 bits per heavy atom. The highest BCUT2D eigenvalue weighted by atomic mass is 16.5. The highest BCUT2D eigenvalue weighted by molar-refractivity contribution is 5.94. The van der Waals surface area contributed by atoms with Crippen LogP contribution in [0, 0.1) is 0 Å². The Labute approximate surface area is 142 Å². The molecule has 5 heteroatoms. The smallest absolute Gasteiger partial charge is 0.260 e. The van der Waals surface area contributed by atoms with Crippen LogP contribution >= 0.6 is 0 Å². The molecular weight excluding hydrogens is 306 g/mol. The Kier molecular flexibility index (Phi) is 6.18. The zero-order valence-electron chi connectivity index (χ0n) is 14.2. The maximum atomic E-state index is 12.2. The number of Topliss-reactive ketones (excluding diaryl/α,β-unsaturated/α-hetero) is 1. The summed E-state index contributed by atoms with van der Waals surface area (Å²) in [6.45, 7) is 5.13. The van der Waals surface area contributed by atoms with E-state index in [1.54, 1.807) is 37.5 Å². The van der Waals surface area contributed by atoms with Crippen molar-refractivity contribution >= 4 is 11.7 Å². The molecule has 2 unspecified atom stereocenters. The summed E-state index contributed by atoms with van der Waals surface area (Å²) < 4.78 is 10.9. The van der Waals surface area contributed by atoms with Gasteiger partial charge < -0.3 is 14.5 Å². The lowest BCUT2D eigenvalue weighted by Crippen LogP contribution is -2.41. The molecule has 1 amide bonds. The van der Waals surface area contributed by atoms with Crippen molar-refractivity contribution in [2.75, 3.05) is 0 Å². The summed E-state index contributed by atoms with van der Waals surface area (Å²) in [6, 6.07) is 10.6. The minimum atomic E-state index is -0.640. The Morgan fingerprint density at radius 1 is 1.21 bits per heavy atom. The molecule has 1 aromatic heterocycles. The fraction of sp³-hybridized carbons (Fsp3) is 0.368. The highest BCUT2D eigenvalue weighted by Crippen LogP contribution is 2.15. The van der Waals surface area contributed by atoms with Gasteiger partial charge in [-0.3, -0.25) is 9.59 Å². The van der Waals surface area contributed by atoms with Crippen molar-refractivity contribution in [2.45, 2.75) is 45.8 Å². The zero-order valence-corrected chi connectivity index (χ0v) is 14.2. The van der Waals surface area contributed by atoms with Crippen LogP contribution in [0.25, 0.3) is 0 Å². The number of hydrogen-bond acceptors (Lipinski definition) is 4. The van der Waals surface area contributed by atoms with E-state index in [9.17, 15) is 9.59 Å². The van der Waals surface area contributed by atoms with Crippen LogP contribution in [0.15, 0.2) is 47.1 Å². The average molecular weight is 329 g/mol. The molecule has 24 heavy (non-hydrogen) atoms. The predicted octanol–water partition coefficient (Wildman–Crippen LogP) is 3.39. The van der Waals surface area contributed by atoms with Gasteiger partial charge in [-0.1, -0.05) is 12.1 Å². The van der Waals surface area contributed by atoms with Crippen LogP contribution in [0.4, 0.5) is 0 Å². The third kappa shape index (κ3) is 5.26. The molecule has 0 bridgehead atoms. The fourth-order valence-electron chi connectivity index (χ4n) is 2.29. The third-order valence-corrected chi connectivity index (χ3v) is 3.72. The van der Waals surface area contributed by atoms with Crippen molar-refractivity contribution in [2.24, 2.45) is 0 Å². The SMILES string of the molecule is CC(=O)c1cccc(OC(C)C(=O)NC(C)CCc2ccco2)c1. The van der Waals surface area contributed by atoms with Gasteiger partial charge in [0, 0.05) is 18.0 Å². The van der Waals surface area contributed by atoms with E-state index in [2.05, 4.69) is 5.32 Å². The zero-order chi connectivity index (χ0) is 17.5. The van der Waals surface area contributed by atoms with Crippen molar-refractivity contribution in [3.8, 4) is 5.75 Å². The summed E-state index contributed by atoms with van der Waals surface area (Å²) in [6.07, 6.45) is 2.55. The predicted molar refractivity (Wildman–Crippen MR) is 91.2 cm³/mol. The molecule has 0 aliphatic heterocycles. The summed E-state index contributed by atoms with van der Waals surface area (Å²) in [5.41, 5.74) is 0.562. The first-order chi connectivity index (χ1) is 11.5. The molecule has 0 saturated heterocycles. The Bertz CT molecular complexity index is 678. The second-order valence-electron chi connectivity index (χ2n) is 5.87. The van der Waals surface area contributed by atoms with Gasteiger partial charge in [-0.15, -0.1) is 0 Å². The van der Waals surface area contributed by atoms with E-state index in [0.29, 0.717) is 11.3 Å². The van der Waals surface area contributed by atoms with Gasteiger partial charge in [0.2, 0.25) is 0 Å². The Balaban J connectivity index is 1.83. The lowest BCUT2D eigenvalue weighted by atomic mass is 10.1. The number of amides is 1. The number of nitrogens with one attached hydrogen (secondary N) is 1. The number of hydrogen-bond donors (Lipinski definition) is 1. The second-order valence-corrected chi connectivity index (χ2v) is 5.87. The quantitative estimate of drug-likeness (QED) is 0.754. The van der Waals surface area contributed by atoms with Crippen molar-refractivity contribution in [3.63, 3.8) is 0 Å². The van der Waals surface area contributed by atoms with Crippen molar-refractivity contribution in [1.82, 2.24) is 5.32 Å². The van der Waals surface area contributed by atoms with Gasteiger partial charge in [0.15, 0.2) is 11.9 Å². The molecule has 2 atom stereocenters. The summed E-state index contributed by atoms with van der Waals surface area (Å²) >= 11 is 0. The van der Waals surface area contributed by atoms with E-state index in [0.717, 1.165) is 18.6 Å². The lowest BCUT2D eigenvalue weighted by molar-refractivity contribution is -0.127. The van der Waals surface area contributed by atoms with Crippen LogP contribution in [0.2, 0.25) is 0 Å². The number of carbonyl (C=O) groups excluding carboxylic acids is 2. The topological polar surface area (TPSA) is 68.5 Å². The fourth-order valence-corrected chi connectivity index (χ4v) is 2.29. The molecule has 0 spiro atoms. The van der Waals surface area contributed by atoms with Gasteiger partial charge in [-0.25, -0.2) is 0 Å². The highest BCUT2D eigenvalue weighted by Gasteiger charge is 2.17. The molecule has 1 N–H and O–H groups in total. The molecule has 2 rings (SSSR count). The van der Waals surface area contributed by atoms with Crippen molar-refractivity contribution < 1.29 is 18.7 Å². The molecule has 128 valence electrons. The number of ether oxygens (including phenoxy) is 1. The lowest BCUT2D eigenvalue weighted by Gasteiger charge is -2.18. The normalized spacial score (nSPS) is 13.1. The van der Waals surface area contributed by atoms with Gasteiger partial charge in [-0.05, 0) is 51.5 Å². The van der Waals surface area contributed by atoms with Crippen LogP contribution < -0.4 is 10.1 Å². The second kappa shape index (κ2) is 8.34. The standard InChI is InChI=1S/C19H23NO4/c1-13(9-10-17-8-5-11-23-17)20-19(22)15(3)24-18-7-4-6-16(12-18)14(2)21/h4-8,11-13,15H,9-10H2,1-3H3,(H,20,22). The minimum absolute atomic E-state index is 0.0113. The molecule has 0 aliphatic carbocycles. The summed E-state index contributed by atoms with van der Waals surface area (Å²) in [5, 5.41) is 2.93. The average Bonchev–Trinajstić information content (AvgIpc) is 3.06. The largest absolute Gasteiger partial charge is 0.481 e. The third-order valence-electron chi connectivity index (χ3n) is 3.72. The number of furan rings is 1. The van der Waals surface area contributed by atoms with Crippen LogP contribution in [0.1, 0.15) is 43.3 Å². The molecule has 1 heterocycles. The number of ketones is 1. The van der Waals surface area contributed by atoms with E-state index in [1.807, 2.05) is 19.1 Å². The molecule has 2 aromatic rings. The van der Waals surface area contributed by atoms with E-state index >= 15 is 0 Å². The Morgan fingerprint density at radius 3 is 2.67 bits per heavy atom. The molecule has 0 saturated carbocycles. The summed E-state index contributed by atoms with van der Waals surface area (Å²) in [5.74, 6) is 1.19. The molecular formula is C19H23NO4. The van der Waals surface area contributed by atoms with E-state index in [1.165, 1.54) is 6.92 Å². The van der Waals surface area contributed by atoms with Crippen molar-refractivity contribution in [3.05, 3.63) is 54.0 Å². The van der Waals surface area contributed by atoms with E-state index < -0.39 is 6.10 Å². The number of carbonyl (C=O) groups is 2. The maximum Gasteiger partial charge on any atom is 0.260 e. The monoisotopic (exact) mass is 329 g/mol. The number of aryl methyl sites for hydroxylation is 1. The first-order valence-electron chi connectivity index (χ1n) is 8.06. The molecule has 0 aliphatic rings. The molecule has 0 radical (unpaired) electrons. The first kappa shape index (κ1) is 17.8. The first-order valence-corrected chi connectivity index (χ1v) is 8.06.